The van der Waals surface area contributed by atoms with E-state index in [2.05, 4.69) is 15.5 Å². The third-order valence-corrected chi connectivity index (χ3v) is 4.42. The monoisotopic (exact) mass is 399 g/mol. The number of methoxy groups -OCH3 is 1. The van der Waals surface area contributed by atoms with Gasteiger partial charge in [-0.05, 0) is 23.8 Å². The Balaban J connectivity index is 1.82. The first-order valence-corrected chi connectivity index (χ1v) is 8.88. The topological polar surface area (TPSA) is 94.3 Å². The Morgan fingerprint density at radius 1 is 1.18 bits per heavy atom. The van der Waals surface area contributed by atoms with Gasteiger partial charge in [-0.2, -0.15) is 0 Å². The van der Waals surface area contributed by atoms with Crippen molar-refractivity contribution < 1.29 is 18.7 Å². The molecule has 1 heterocycles. The van der Waals surface area contributed by atoms with Crippen LogP contribution in [0.15, 0.2) is 52.9 Å². The number of carbonyl (C=O) groups excluding carboxylic acids is 2. The number of anilines is 1. The maximum Gasteiger partial charge on any atom is 0.337 e. The predicted octanol–water partition coefficient (Wildman–Crippen LogP) is 3.98. The summed E-state index contributed by atoms with van der Waals surface area (Å²) in [4.78, 5) is 24.4. The van der Waals surface area contributed by atoms with Crippen LogP contribution in [0, 0.1) is 6.92 Å². The van der Waals surface area contributed by atoms with Crippen molar-refractivity contribution >= 4 is 29.2 Å². The maximum atomic E-state index is 12.7. The molecule has 0 saturated heterocycles. The Bertz CT molecular complexity index is 988. The Kier molecular flexibility index (Phi) is 6.06. The number of hydrogen-bond donors (Lipinski definition) is 1. The second-order valence-electron chi connectivity index (χ2n) is 6.06. The molecule has 2 aromatic carbocycles. The minimum Gasteiger partial charge on any atom is -0.465 e. The van der Waals surface area contributed by atoms with Crippen LogP contribution in [0.1, 0.15) is 40.0 Å². The standard InChI is InChI=1S/C20H18ClN3O4/c1-12-23-24-19(28-12)15(13-6-4-3-5-7-13)11-18(25)22-17-10-14(20(26)27-2)8-9-16(17)21/h3-10,15H,11H2,1-2H3,(H,22,25). The molecule has 0 spiro atoms. The molecule has 28 heavy (non-hydrogen) atoms. The van der Waals surface area contributed by atoms with Crippen molar-refractivity contribution in [3.05, 3.63) is 76.5 Å². The predicted molar refractivity (Wildman–Crippen MR) is 103 cm³/mol. The van der Waals surface area contributed by atoms with Crippen molar-refractivity contribution in [2.24, 2.45) is 0 Å². The van der Waals surface area contributed by atoms with Crippen LogP contribution < -0.4 is 5.32 Å². The number of ether oxygens (including phenoxy) is 1. The molecule has 0 fully saturated rings. The zero-order valence-electron chi connectivity index (χ0n) is 15.3. The van der Waals surface area contributed by atoms with Crippen molar-refractivity contribution in [3.63, 3.8) is 0 Å². The van der Waals surface area contributed by atoms with Gasteiger partial charge in [0, 0.05) is 13.3 Å². The van der Waals surface area contributed by atoms with Gasteiger partial charge in [-0.1, -0.05) is 41.9 Å². The number of nitrogens with one attached hydrogen (secondary N) is 1. The van der Waals surface area contributed by atoms with E-state index in [4.69, 9.17) is 20.8 Å². The van der Waals surface area contributed by atoms with Crippen LogP contribution in [-0.4, -0.2) is 29.2 Å². The molecule has 0 radical (unpaired) electrons. The number of carbonyl (C=O) groups is 2. The second kappa shape index (κ2) is 8.67. The van der Waals surface area contributed by atoms with Gasteiger partial charge in [-0.3, -0.25) is 4.79 Å². The van der Waals surface area contributed by atoms with Crippen LogP contribution in [0.4, 0.5) is 5.69 Å². The lowest BCUT2D eigenvalue weighted by Gasteiger charge is -2.14. The second-order valence-corrected chi connectivity index (χ2v) is 6.47. The average molecular weight is 400 g/mol. The van der Waals surface area contributed by atoms with E-state index in [-0.39, 0.29) is 17.9 Å². The van der Waals surface area contributed by atoms with Crippen LogP contribution in [0.25, 0.3) is 0 Å². The number of benzene rings is 2. The fourth-order valence-electron chi connectivity index (χ4n) is 2.74. The Hall–Kier alpha value is -3.19. The number of aromatic nitrogens is 2. The minimum absolute atomic E-state index is 0.0599. The summed E-state index contributed by atoms with van der Waals surface area (Å²) in [6, 6.07) is 13.9. The first-order chi connectivity index (χ1) is 13.5. The van der Waals surface area contributed by atoms with E-state index in [9.17, 15) is 9.59 Å². The third-order valence-electron chi connectivity index (χ3n) is 4.09. The highest BCUT2D eigenvalue weighted by atomic mass is 35.5. The summed E-state index contributed by atoms with van der Waals surface area (Å²) >= 11 is 6.15. The first kappa shape index (κ1) is 19.6. The fraction of sp³-hybridized carbons (Fsp3) is 0.200. The fourth-order valence-corrected chi connectivity index (χ4v) is 2.90. The molecular weight excluding hydrogens is 382 g/mol. The molecule has 144 valence electrons. The largest absolute Gasteiger partial charge is 0.465 e. The molecule has 1 amide bonds. The Labute approximate surface area is 166 Å². The number of hydrogen-bond acceptors (Lipinski definition) is 6. The summed E-state index contributed by atoms with van der Waals surface area (Å²) in [6.45, 7) is 1.69. The summed E-state index contributed by atoms with van der Waals surface area (Å²) in [7, 11) is 1.28. The molecule has 0 aliphatic rings. The molecule has 3 rings (SSSR count). The first-order valence-electron chi connectivity index (χ1n) is 8.50. The zero-order chi connectivity index (χ0) is 20.1. The summed E-state index contributed by atoms with van der Waals surface area (Å²) in [5, 5.41) is 11.0. The van der Waals surface area contributed by atoms with Crippen molar-refractivity contribution in [3.8, 4) is 0 Å². The number of aryl methyl sites for hydroxylation is 1. The van der Waals surface area contributed by atoms with Crippen molar-refractivity contribution in [2.75, 3.05) is 12.4 Å². The van der Waals surface area contributed by atoms with Crippen LogP contribution in [0.2, 0.25) is 5.02 Å². The molecule has 1 N–H and O–H groups in total. The smallest absolute Gasteiger partial charge is 0.337 e. The Morgan fingerprint density at radius 3 is 2.57 bits per heavy atom. The number of halogens is 1. The molecule has 1 unspecified atom stereocenters. The van der Waals surface area contributed by atoms with Crippen molar-refractivity contribution in [2.45, 2.75) is 19.3 Å². The summed E-state index contributed by atoms with van der Waals surface area (Å²) < 4.78 is 10.2. The van der Waals surface area contributed by atoms with Crippen LogP contribution in [0.3, 0.4) is 0 Å². The molecular formula is C20H18ClN3O4. The van der Waals surface area contributed by atoms with Gasteiger partial charge in [0.2, 0.25) is 17.7 Å². The highest BCUT2D eigenvalue weighted by Crippen LogP contribution is 2.29. The SMILES string of the molecule is COC(=O)c1ccc(Cl)c(NC(=O)CC(c2ccccc2)c2nnc(C)o2)c1. The van der Waals surface area contributed by atoms with Gasteiger partial charge < -0.3 is 14.5 Å². The van der Waals surface area contributed by atoms with E-state index in [0.717, 1.165) is 5.56 Å². The van der Waals surface area contributed by atoms with Crippen molar-refractivity contribution in [1.82, 2.24) is 10.2 Å². The minimum atomic E-state index is -0.518. The summed E-state index contributed by atoms with van der Waals surface area (Å²) in [5.41, 5.74) is 1.48. The van der Waals surface area contributed by atoms with Gasteiger partial charge in [0.25, 0.3) is 0 Å². The average Bonchev–Trinajstić information content (AvgIpc) is 3.14. The highest BCUT2D eigenvalue weighted by Gasteiger charge is 2.24. The Morgan fingerprint density at radius 2 is 1.93 bits per heavy atom. The van der Waals surface area contributed by atoms with Crippen LogP contribution >= 0.6 is 11.6 Å². The molecule has 8 heteroatoms. The molecule has 3 aromatic rings. The summed E-state index contributed by atoms with van der Waals surface area (Å²) in [6.07, 6.45) is 0.0599. The van der Waals surface area contributed by atoms with Gasteiger partial charge in [-0.25, -0.2) is 4.79 Å². The van der Waals surface area contributed by atoms with E-state index in [1.807, 2.05) is 30.3 Å². The van der Waals surface area contributed by atoms with Crippen molar-refractivity contribution in [1.29, 1.82) is 0 Å². The van der Waals surface area contributed by atoms with Gasteiger partial charge in [0.1, 0.15) is 0 Å². The molecule has 1 atom stereocenters. The van der Waals surface area contributed by atoms with E-state index >= 15 is 0 Å². The number of amides is 1. The normalized spacial score (nSPS) is 11.7. The van der Waals surface area contributed by atoms with E-state index in [1.165, 1.54) is 25.3 Å². The number of esters is 1. The zero-order valence-corrected chi connectivity index (χ0v) is 16.1. The van der Waals surface area contributed by atoms with E-state index in [1.54, 1.807) is 6.92 Å². The van der Waals surface area contributed by atoms with Gasteiger partial charge in [0.05, 0.1) is 29.3 Å². The van der Waals surface area contributed by atoms with Gasteiger partial charge >= 0.3 is 5.97 Å². The number of rotatable bonds is 6. The lowest BCUT2D eigenvalue weighted by molar-refractivity contribution is -0.116. The highest BCUT2D eigenvalue weighted by molar-refractivity contribution is 6.33. The quantitative estimate of drug-likeness (QED) is 0.630. The molecule has 1 aromatic heterocycles. The third kappa shape index (κ3) is 4.55. The molecule has 7 nitrogen and oxygen atoms in total. The molecule has 0 aliphatic carbocycles. The van der Waals surface area contributed by atoms with Crippen LogP contribution in [0.5, 0.6) is 0 Å². The lowest BCUT2D eigenvalue weighted by Crippen LogP contribution is -2.17. The van der Waals surface area contributed by atoms with Crippen LogP contribution in [-0.2, 0) is 9.53 Å². The van der Waals surface area contributed by atoms with E-state index < -0.39 is 11.9 Å². The van der Waals surface area contributed by atoms with E-state index in [0.29, 0.717) is 22.5 Å². The summed E-state index contributed by atoms with van der Waals surface area (Å²) in [5.74, 6) is -0.465. The lowest BCUT2D eigenvalue weighted by atomic mass is 9.95. The van der Waals surface area contributed by atoms with Gasteiger partial charge in [0.15, 0.2) is 0 Å². The molecule has 0 saturated carbocycles. The maximum absolute atomic E-state index is 12.7. The number of nitrogens with zero attached hydrogens (tertiary/aromatic N) is 2. The van der Waals surface area contributed by atoms with Gasteiger partial charge in [-0.15, -0.1) is 10.2 Å². The molecule has 0 aliphatic heterocycles. The molecule has 0 bridgehead atoms.